The monoisotopic (exact) mass is 205 g/mol. The second kappa shape index (κ2) is 3.63. The van der Waals surface area contributed by atoms with Gasteiger partial charge in [0.2, 0.25) is 0 Å². The van der Waals surface area contributed by atoms with E-state index in [0.717, 1.165) is 6.54 Å². The maximum absolute atomic E-state index is 4.57. The van der Waals surface area contributed by atoms with E-state index in [2.05, 4.69) is 28.2 Å². The Morgan fingerprint density at radius 2 is 2.27 bits per heavy atom. The van der Waals surface area contributed by atoms with Gasteiger partial charge >= 0.3 is 0 Å². The average Bonchev–Trinajstić information content (AvgIpc) is 2.74. The lowest BCUT2D eigenvalue weighted by Gasteiger charge is -2.27. The summed E-state index contributed by atoms with van der Waals surface area (Å²) in [5.41, 5.74) is 2.89. The van der Waals surface area contributed by atoms with Crippen LogP contribution in [0.3, 0.4) is 0 Å². The lowest BCUT2D eigenvalue weighted by Crippen LogP contribution is -2.19. The van der Waals surface area contributed by atoms with Crippen LogP contribution in [0.25, 0.3) is 0 Å². The van der Waals surface area contributed by atoms with Gasteiger partial charge < -0.3 is 5.32 Å². The van der Waals surface area contributed by atoms with Crippen LogP contribution in [0.2, 0.25) is 0 Å². The molecule has 0 radical (unpaired) electrons. The highest BCUT2D eigenvalue weighted by Crippen LogP contribution is 2.34. The molecule has 1 unspecified atom stereocenters. The van der Waals surface area contributed by atoms with Crippen molar-refractivity contribution in [2.24, 2.45) is 0 Å². The highest BCUT2D eigenvalue weighted by molar-refractivity contribution is 5.23. The zero-order valence-electron chi connectivity index (χ0n) is 9.37. The normalized spacial score (nSPS) is 26.9. The van der Waals surface area contributed by atoms with Crippen LogP contribution >= 0.6 is 0 Å². The summed E-state index contributed by atoms with van der Waals surface area (Å²) in [4.78, 5) is 0. The van der Waals surface area contributed by atoms with Crippen LogP contribution in [0.4, 0.5) is 0 Å². The highest BCUT2D eigenvalue weighted by atomic mass is 15.3. The van der Waals surface area contributed by atoms with Crippen molar-refractivity contribution in [2.45, 2.75) is 44.6 Å². The summed E-state index contributed by atoms with van der Waals surface area (Å²) in [6, 6.07) is 0.702. The third-order valence-electron chi connectivity index (χ3n) is 4.00. The fourth-order valence-electron chi connectivity index (χ4n) is 2.76. The third kappa shape index (κ3) is 1.49. The van der Waals surface area contributed by atoms with Gasteiger partial charge in [0, 0.05) is 18.2 Å². The molecule has 1 saturated heterocycles. The molecule has 0 spiro atoms. The molecular formula is C12H19N3. The Balaban J connectivity index is 1.85. The molecule has 82 valence electrons. The molecule has 1 N–H and O–H groups in total. The number of hydrogen-bond acceptors (Lipinski definition) is 2. The van der Waals surface area contributed by atoms with Gasteiger partial charge in [-0.1, -0.05) is 0 Å². The molecule has 1 aromatic rings. The average molecular weight is 205 g/mol. The fourth-order valence-corrected chi connectivity index (χ4v) is 2.76. The first-order valence-electron chi connectivity index (χ1n) is 6.11. The van der Waals surface area contributed by atoms with Gasteiger partial charge in [0.1, 0.15) is 0 Å². The zero-order valence-corrected chi connectivity index (χ0v) is 9.37. The number of hydrogen-bond donors (Lipinski definition) is 1. The third-order valence-corrected chi connectivity index (χ3v) is 4.00. The van der Waals surface area contributed by atoms with Gasteiger partial charge in [-0.3, -0.25) is 4.68 Å². The quantitative estimate of drug-likeness (QED) is 0.800. The first-order valence-corrected chi connectivity index (χ1v) is 6.11. The van der Waals surface area contributed by atoms with Crippen LogP contribution < -0.4 is 5.32 Å². The van der Waals surface area contributed by atoms with E-state index in [1.807, 2.05) is 0 Å². The van der Waals surface area contributed by atoms with E-state index in [1.54, 1.807) is 0 Å². The lowest BCUT2D eigenvalue weighted by molar-refractivity contribution is 0.284. The standard InChI is InChI=1S/C12H19N3/c1-9-12(10-5-6-13-7-10)8-14-15(9)11-3-2-4-11/h8,10-11,13H,2-7H2,1H3. The summed E-state index contributed by atoms with van der Waals surface area (Å²) < 4.78 is 2.26. The van der Waals surface area contributed by atoms with Crippen molar-refractivity contribution in [1.82, 2.24) is 15.1 Å². The summed E-state index contributed by atoms with van der Waals surface area (Å²) in [6.07, 6.45) is 7.41. The van der Waals surface area contributed by atoms with Crippen LogP contribution in [0.1, 0.15) is 48.9 Å². The summed E-state index contributed by atoms with van der Waals surface area (Å²) in [6.45, 7) is 4.54. The Hall–Kier alpha value is -0.830. The van der Waals surface area contributed by atoms with Crippen LogP contribution in [0.15, 0.2) is 6.20 Å². The molecule has 0 bridgehead atoms. The zero-order chi connectivity index (χ0) is 10.3. The number of nitrogens with one attached hydrogen (secondary N) is 1. The van der Waals surface area contributed by atoms with E-state index < -0.39 is 0 Å². The molecule has 3 rings (SSSR count). The number of rotatable bonds is 2. The molecule has 2 fully saturated rings. The smallest absolute Gasteiger partial charge is 0.0528 e. The van der Waals surface area contributed by atoms with Crippen LogP contribution in [0, 0.1) is 6.92 Å². The van der Waals surface area contributed by atoms with Gasteiger partial charge in [0.05, 0.1) is 12.2 Å². The Labute approximate surface area is 90.9 Å². The largest absolute Gasteiger partial charge is 0.316 e. The van der Waals surface area contributed by atoms with Crippen LogP contribution in [0.5, 0.6) is 0 Å². The van der Waals surface area contributed by atoms with E-state index in [9.17, 15) is 0 Å². The molecule has 1 saturated carbocycles. The van der Waals surface area contributed by atoms with Gasteiger partial charge in [0.25, 0.3) is 0 Å². The van der Waals surface area contributed by atoms with E-state index in [1.165, 1.54) is 43.5 Å². The molecule has 3 nitrogen and oxygen atoms in total. The van der Waals surface area contributed by atoms with E-state index in [4.69, 9.17) is 0 Å². The molecule has 1 aliphatic carbocycles. The molecule has 2 aliphatic rings. The first kappa shape index (κ1) is 9.40. The van der Waals surface area contributed by atoms with Gasteiger partial charge in [-0.2, -0.15) is 5.10 Å². The van der Waals surface area contributed by atoms with Crippen molar-refractivity contribution in [3.63, 3.8) is 0 Å². The first-order chi connectivity index (χ1) is 7.36. The molecule has 2 heterocycles. The molecule has 0 amide bonds. The Morgan fingerprint density at radius 3 is 2.87 bits per heavy atom. The van der Waals surface area contributed by atoms with E-state index in [0.29, 0.717) is 12.0 Å². The summed E-state index contributed by atoms with van der Waals surface area (Å²) in [5.74, 6) is 0.707. The summed E-state index contributed by atoms with van der Waals surface area (Å²) in [5, 5.41) is 8.00. The molecule has 15 heavy (non-hydrogen) atoms. The van der Waals surface area contributed by atoms with E-state index in [-0.39, 0.29) is 0 Å². The predicted octanol–water partition coefficient (Wildman–Crippen LogP) is 1.99. The minimum atomic E-state index is 0.702. The molecule has 3 heteroatoms. The second-order valence-electron chi connectivity index (χ2n) is 4.90. The van der Waals surface area contributed by atoms with Gasteiger partial charge in [-0.05, 0) is 44.7 Å². The van der Waals surface area contributed by atoms with Crippen molar-refractivity contribution in [1.29, 1.82) is 0 Å². The second-order valence-corrected chi connectivity index (χ2v) is 4.90. The molecule has 1 atom stereocenters. The van der Waals surface area contributed by atoms with Gasteiger partial charge in [0.15, 0.2) is 0 Å². The minimum Gasteiger partial charge on any atom is -0.316 e. The minimum absolute atomic E-state index is 0.702. The fraction of sp³-hybridized carbons (Fsp3) is 0.750. The van der Waals surface area contributed by atoms with Crippen molar-refractivity contribution in [2.75, 3.05) is 13.1 Å². The number of nitrogens with zero attached hydrogens (tertiary/aromatic N) is 2. The van der Waals surface area contributed by atoms with Crippen LogP contribution in [-0.2, 0) is 0 Å². The topological polar surface area (TPSA) is 29.9 Å². The number of aromatic nitrogens is 2. The van der Waals surface area contributed by atoms with Gasteiger partial charge in [-0.15, -0.1) is 0 Å². The summed E-state index contributed by atoms with van der Waals surface area (Å²) in [7, 11) is 0. The van der Waals surface area contributed by atoms with E-state index >= 15 is 0 Å². The highest BCUT2D eigenvalue weighted by Gasteiger charge is 2.26. The molecule has 1 aliphatic heterocycles. The Kier molecular flexibility index (Phi) is 2.28. The maximum atomic E-state index is 4.57. The van der Waals surface area contributed by atoms with Crippen molar-refractivity contribution < 1.29 is 0 Å². The SMILES string of the molecule is Cc1c(C2CCNC2)cnn1C1CCC1. The lowest BCUT2D eigenvalue weighted by atomic mass is 9.92. The van der Waals surface area contributed by atoms with Crippen molar-refractivity contribution in [3.8, 4) is 0 Å². The van der Waals surface area contributed by atoms with Crippen molar-refractivity contribution in [3.05, 3.63) is 17.5 Å². The predicted molar refractivity (Wildman–Crippen MR) is 60.1 cm³/mol. The Bertz CT molecular complexity index is 346. The van der Waals surface area contributed by atoms with Crippen molar-refractivity contribution >= 4 is 0 Å². The molecule has 0 aromatic carbocycles. The molecule has 1 aromatic heterocycles. The maximum Gasteiger partial charge on any atom is 0.0528 e. The Morgan fingerprint density at radius 1 is 1.40 bits per heavy atom. The van der Waals surface area contributed by atoms with Crippen LogP contribution in [-0.4, -0.2) is 22.9 Å². The van der Waals surface area contributed by atoms with Gasteiger partial charge in [-0.25, -0.2) is 0 Å². The molecular weight excluding hydrogens is 186 g/mol. The summed E-state index contributed by atoms with van der Waals surface area (Å²) >= 11 is 0.